The first-order valence-corrected chi connectivity index (χ1v) is 11.4. The molecule has 0 aliphatic rings. The van der Waals surface area contributed by atoms with Crippen LogP contribution >= 0.6 is 0 Å². The minimum Gasteiger partial charge on any atom is -0.397 e. The highest BCUT2D eigenvalue weighted by Gasteiger charge is 2.19. The van der Waals surface area contributed by atoms with Gasteiger partial charge in [-0.15, -0.1) is 0 Å². The van der Waals surface area contributed by atoms with Crippen LogP contribution in [0, 0.1) is 0 Å². The molecule has 3 aromatic carbocycles. The van der Waals surface area contributed by atoms with Crippen molar-refractivity contribution in [1.29, 1.82) is 0 Å². The average Bonchev–Trinajstić information content (AvgIpc) is 3.13. The number of benzene rings is 3. The standard InChI is InChI=1S/C27H31N3O3/c1-4-8-26(32)19-13-14-24-22(16-19)21-10-7-9-20(15-17(2)29-33-18(3)31)27(21)30(24)25-12-6-5-11-23(25)28/h5-7,9-14,16,18,26,31-32H,4,8,15,28H2,1-3H3. The molecular formula is C27H31N3O3. The zero-order valence-electron chi connectivity index (χ0n) is 19.3. The fourth-order valence-electron chi connectivity index (χ4n) is 4.36. The molecule has 0 saturated carbocycles. The number of hydrogen-bond acceptors (Lipinski definition) is 5. The molecule has 4 aromatic rings. The molecule has 2 unspecified atom stereocenters. The third-order valence-electron chi connectivity index (χ3n) is 5.83. The molecule has 0 saturated heterocycles. The number of anilines is 1. The van der Waals surface area contributed by atoms with Crippen LogP contribution in [0.2, 0.25) is 0 Å². The molecule has 6 nitrogen and oxygen atoms in total. The van der Waals surface area contributed by atoms with E-state index >= 15 is 0 Å². The van der Waals surface area contributed by atoms with Crippen molar-refractivity contribution in [2.45, 2.75) is 52.4 Å². The van der Waals surface area contributed by atoms with Gasteiger partial charge >= 0.3 is 0 Å². The second-order valence-electron chi connectivity index (χ2n) is 8.50. The summed E-state index contributed by atoms with van der Waals surface area (Å²) >= 11 is 0. The zero-order valence-corrected chi connectivity index (χ0v) is 19.3. The number of nitrogens with zero attached hydrogens (tertiary/aromatic N) is 2. The number of oxime groups is 1. The van der Waals surface area contributed by atoms with Gasteiger partial charge in [0.05, 0.1) is 34.2 Å². The molecule has 0 fully saturated rings. The lowest BCUT2D eigenvalue weighted by molar-refractivity contribution is -0.0839. The Kier molecular flexibility index (Phi) is 6.67. The number of aliphatic hydroxyl groups excluding tert-OH is 2. The van der Waals surface area contributed by atoms with Crippen molar-refractivity contribution in [3.8, 4) is 5.69 Å². The molecule has 6 heteroatoms. The van der Waals surface area contributed by atoms with Crippen LogP contribution < -0.4 is 5.73 Å². The SMILES string of the molecule is CCCC(O)c1ccc2c(c1)c1cccc(CC(C)=NOC(C)O)c1n2-c1ccccc1N. The second-order valence-corrected chi connectivity index (χ2v) is 8.50. The molecule has 2 atom stereocenters. The predicted molar refractivity (Wildman–Crippen MR) is 135 cm³/mol. The van der Waals surface area contributed by atoms with Crippen LogP contribution in [-0.4, -0.2) is 26.8 Å². The van der Waals surface area contributed by atoms with Gasteiger partial charge in [-0.25, -0.2) is 0 Å². The van der Waals surface area contributed by atoms with Gasteiger partial charge in [-0.3, -0.25) is 0 Å². The summed E-state index contributed by atoms with van der Waals surface area (Å²) in [5.74, 6) is 0. The van der Waals surface area contributed by atoms with E-state index in [-0.39, 0.29) is 0 Å². The first-order valence-electron chi connectivity index (χ1n) is 11.4. The first-order chi connectivity index (χ1) is 15.9. The van der Waals surface area contributed by atoms with Gasteiger partial charge in [0.25, 0.3) is 0 Å². The van der Waals surface area contributed by atoms with E-state index in [1.807, 2.05) is 43.3 Å². The molecule has 0 spiro atoms. The smallest absolute Gasteiger partial charge is 0.221 e. The van der Waals surface area contributed by atoms with E-state index in [9.17, 15) is 10.2 Å². The van der Waals surface area contributed by atoms with Crippen LogP contribution in [-0.2, 0) is 11.3 Å². The highest BCUT2D eigenvalue weighted by molar-refractivity contribution is 6.11. The summed E-state index contributed by atoms with van der Waals surface area (Å²) in [5, 5.41) is 26.2. The van der Waals surface area contributed by atoms with E-state index in [4.69, 9.17) is 10.6 Å². The van der Waals surface area contributed by atoms with Gasteiger partial charge in [0, 0.05) is 24.1 Å². The van der Waals surface area contributed by atoms with E-state index in [0.29, 0.717) is 12.1 Å². The highest BCUT2D eigenvalue weighted by atomic mass is 16.7. The predicted octanol–water partition coefficient (Wildman–Crippen LogP) is 5.47. The third-order valence-corrected chi connectivity index (χ3v) is 5.83. The van der Waals surface area contributed by atoms with E-state index in [1.54, 1.807) is 0 Å². The summed E-state index contributed by atoms with van der Waals surface area (Å²) in [4.78, 5) is 5.03. The molecule has 0 bridgehead atoms. The summed E-state index contributed by atoms with van der Waals surface area (Å²) in [6, 6.07) is 20.2. The van der Waals surface area contributed by atoms with Crippen molar-refractivity contribution < 1.29 is 15.1 Å². The van der Waals surface area contributed by atoms with Gasteiger partial charge in [-0.1, -0.05) is 54.9 Å². The molecule has 4 rings (SSSR count). The lowest BCUT2D eigenvalue weighted by Gasteiger charge is -2.14. The van der Waals surface area contributed by atoms with Crippen molar-refractivity contribution in [2.75, 3.05) is 5.73 Å². The number of para-hydroxylation sites is 3. The van der Waals surface area contributed by atoms with E-state index < -0.39 is 12.4 Å². The molecule has 0 radical (unpaired) electrons. The number of aliphatic hydroxyl groups is 2. The summed E-state index contributed by atoms with van der Waals surface area (Å²) < 4.78 is 2.19. The number of fused-ring (bicyclic) bond motifs is 3. The van der Waals surface area contributed by atoms with Crippen LogP contribution in [0.25, 0.3) is 27.5 Å². The van der Waals surface area contributed by atoms with Gasteiger partial charge in [0.15, 0.2) is 0 Å². The molecular weight excluding hydrogens is 414 g/mol. The Morgan fingerprint density at radius 1 is 1.06 bits per heavy atom. The van der Waals surface area contributed by atoms with Crippen molar-refractivity contribution in [1.82, 2.24) is 4.57 Å². The van der Waals surface area contributed by atoms with Crippen molar-refractivity contribution >= 4 is 33.2 Å². The molecule has 33 heavy (non-hydrogen) atoms. The van der Waals surface area contributed by atoms with Gasteiger partial charge in [-0.05, 0) is 48.7 Å². The molecule has 4 N–H and O–H groups in total. The second kappa shape index (κ2) is 9.65. The largest absolute Gasteiger partial charge is 0.397 e. The summed E-state index contributed by atoms with van der Waals surface area (Å²) in [7, 11) is 0. The van der Waals surface area contributed by atoms with Gasteiger partial charge in [0.1, 0.15) is 0 Å². The number of nitrogen functional groups attached to an aromatic ring is 1. The van der Waals surface area contributed by atoms with E-state index in [0.717, 1.165) is 57.2 Å². The van der Waals surface area contributed by atoms with Crippen molar-refractivity contribution in [3.05, 3.63) is 71.8 Å². The van der Waals surface area contributed by atoms with E-state index in [1.165, 1.54) is 6.92 Å². The molecule has 1 heterocycles. The van der Waals surface area contributed by atoms with Crippen molar-refractivity contribution in [2.24, 2.45) is 5.16 Å². The summed E-state index contributed by atoms with van der Waals surface area (Å²) in [6.07, 6.45) is 0.742. The number of aromatic nitrogens is 1. The Morgan fingerprint density at radius 2 is 1.85 bits per heavy atom. The van der Waals surface area contributed by atoms with Crippen LogP contribution in [0.3, 0.4) is 0 Å². The van der Waals surface area contributed by atoms with Crippen LogP contribution in [0.15, 0.2) is 65.8 Å². The van der Waals surface area contributed by atoms with Gasteiger partial charge in [0.2, 0.25) is 6.29 Å². The maximum absolute atomic E-state index is 10.6. The van der Waals surface area contributed by atoms with Gasteiger partial charge in [-0.2, -0.15) is 0 Å². The quantitative estimate of drug-likeness (QED) is 0.145. The van der Waals surface area contributed by atoms with E-state index in [2.05, 4.69) is 40.9 Å². The minimum atomic E-state index is -0.959. The Morgan fingerprint density at radius 3 is 2.58 bits per heavy atom. The highest BCUT2D eigenvalue weighted by Crippen LogP contribution is 2.37. The van der Waals surface area contributed by atoms with Crippen LogP contribution in [0.5, 0.6) is 0 Å². The number of rotatable bonds is 8. The van der Waals surface area contributed by atoms with Crippen LogP contribution in [0.1, 0.15) is 50.8 Å². The fourth-order valence-corrected chi connectivity index (χ4v) is 4.36. The Hall–Kier alpha value is -3.35. The first kappa shape index (κ1) is 22.8. The maximum atomic E-state index is 10.6. The average molecular weight is 446 g/mol. The molecule has 172 valence electrons. The maximum Gasteiger partial charge on any atom is 0.221 e. The van der Waals surface area contributed by atoms with Crippen LogP contribution in [0.4, 0.5) is 5.69 Å². The lowest BCUT2D eigenvalue weighted by atomic mass is 10.0. The van der Waals surface area contributed by atoms with Gasteiger partial charge < -0.3 is 25.4 Å². The summed E-state index contributed by atoms with van der Waals surface area (Å²) in [6.45, 7) is 5.48. The monoisotopic (exact) mass is 445 g/mol. The molecule has 0 aliphatic heterocycles. The zero-order chi connectivity index (χ0) is 23.5. The molecule has 0 aliphatic carbocycles. The molecule has 0 amide bonds. The fraction of sp³-hybridized carbons (Fsp3) is 0.296. The molecule has 1 aromatic heterocycles. The minimum absolute atomic E-state index is 0.491. The number of nitrogens with two attached hydrogens (primary N) is 1. The normalized spacial score (nSPS) is 14.0. The third kappa shape index (κ3) is 4.58. The number of hydrogen-bond donors (Lipinski definition) is 3. The Labute approximate surface area is 193 Å². The Balaban J connectivity index is 1.98. The summed E-state index contributed by atoms with van der Waals surface area (Å²) in [5.41, 5.74) is 12.8. The topological polar surface area (TPSA) is 93.0 Å². The Bertz CT molecular complexity index is 1310. The van der Waals surface area contributed by atoms with Crippen molar-refractivity contribution in [3.63, 3.8) is 0 Å². The lowest BCUT2D eigenvalue weighted by Crippen LogP contribution is -2.07.